The molecule has 3 rings (SSSR count). The van der Waals surface area contributed by atoms with Crippen LogP contribution in [0.2, 0.25) is 0 Å². The molecular formula is C20H34IN3O3. The maximum Gasteiger partial charge on any atom is 0.194 e. The van der Waals surface area contributed by atoms with E-state index in [1.807, 2.05) is 13.8 Å². The van der Waals surface area contributed by atoms with Crippen LogP contribution in [-0.4, -0.2) is 55.9 Å². The highest BCUT2D eigenvalue weighted by Gasteiger charge is 2.24. The number of aryl methyl sites for hydroxylation is 2. The molecule has 2 fully saturated rings. The fraction of sp³-hybridized carbons (Fsp3) is 0.750. The van der Waals surface area contributed by atoms with E-state index in [1.165, 1.54) is 6.42 Å². The molecule has 1 atom stereocenters. The smallest absolute Gasteiger partial charge is 0.194 e. The van der Waals surface area contributed by atoms with E-state index < -0.39 is 0 Å². The van der Waals surface area contributed by atoms with Gasteiger partial charge < -0.3 is 24.1 Å². The summed E-state index contributed by atoms with van der Waals surface area (Å²) in [6, 6.07) is 2.08. The predicted octanol–water partition coefficient (Wildman–Crippen LogP) is 3.64. The van der Waals surface area contributed by atoms with Gasteiger partial charge in [-0.1, -0.05) is 0 Å². The van der Waals surface area contributed by atoms with Gasteiger partial charge in [0.15, 0.2) is 5.96 Å². The first-order valence-electron chi connectivity index (χ1n) is 9.98. The van der Waals surface area contributed by atoms with Crippen LogP contribution >= 0.6 is 24.0 Å². The second kappa shape index (κ2) is 11.3. The summed E-state index contributed by atoms with van der Waals surface area (Å²) in [5.74, 6) is 2.90. The van der Waals surface area contributed by atoms with Crippen molar-refractivity contribution < 1.29 is 13.9 Å². The lowest BCUT2D eigenvalue weighted by Gasteiger charge is -2.34. The van der Waals surface area contributed by atoms with Crippen LogP contribution < -0.4 is 5.32 Å². The normalized spacial score (nSPS) is 21.4. The van der Waals surface area contributed by atoms with Crippen LogP contribution in [0.15, 0.2) is 15.5 Å². The highest BCUT2D eigenvalue weighted by Crippen LogP contribution is 2.19. The van der Waals surface area contributed by atoms with Crippen LogP contribution in [0.3, 0.4) is 0 Å². The van der Waals surface area contributed by atoms with E-state index >= 15 is 0 Å². The van der Waals surface area contributed by atoms with Crippen LogP contribution in [0.25, 0.3) is 0 Å². The van der Waals surface area contributed by atoms with Crippen molar-refractivity contribution in [3.8, 4) is 0 Å². The van der Waals surface area contributed by atoms with Crippen molar-refractivity contribution in [3.05, 3.63) is 23.2 Å². The van der Waals surface area contributed by atoms with Crippen molar-refractivity contribution in [2.45, 2.75) is 65.2 Å². The van der Waals surface area contributed by atoms with E-state index in [-0.39, 0.29) is 24.0 Å². The van der Waals surface area contributed by atoms with Crippen molar-refractivity contribution in [2.75, 3.05) is 32.8 Å². The number of piperidine rings is 1. The van der Waals surface area contributed by atoms with E-state index in [0.29, 0.717) is 18.8 Å². The maximum atomic E-state index is 6.08. The molecule has 7 heteroatoms. The second-order valence-electron chi connectivity index (χ2n) is 7.26. The third-order valence-electron chi connectivity index (χ3n) is 5.16. The zero-order valence-corrected chi connectivity index (χ0v) is 19.2. The summed E-state index contributed by atoms with van der Waals surface area (Å²) >= 11 is 0. The van der Waals surface area contributed by atoms with E-state index in [9.17, 15) is 0 Å². The quantitative estimate of drug-likeness (QED) is 0.374. The van der Waals surface area contributed by atoms with Crippen molar-refractivity contribution in [3.63, 3.8) is 0 Å². The molecule has 0 spiro atoms. The molecule has 1 N–H and O–H groups in total. The molecule has 0 aromatic carbocycles. The first kappa shape index (κ1) is 22.5. The van der Waals surface area contributed by atoms with Gasteiger partial charge in [0.05, 0.1) is 25.4 Å². The molecule has 0 aliphatic carbocycles. The van der Waals surface area contributed by atoms with Gasteiger partial charge in [0.25, 0.3) is 0 Å². The number of ether oxygens (including phenoxy) is 2. The summed E-state index contributed by atoms with van der Waals surface area (Å²) in [6.45, 7) is 11.2. The van der Waals surface area contributed by atoms with Gasteiger partial charge in [-0.15, -0.1) is 24.0 Å². The number of hydrogen-bond acceptors (Lipinski definition) is 4. The van der Waals surface area contributed by atoms with Gasteiger partial charge >= 0.3 is 0 Å². The first-order chi connectivity index (χ1) is 12.7. The second-order valence-corrected chi connectivity index (χ2v) is 7.26. The van der Waals surface area contributed by atoms with Crippen LogP contribution in [0.1, 0.15) is 49.7 Å². The topological polar surface area (TPSA) is 59.2 Å². The van der Waals surface area contributed by atoms with E-state index in [1.54, 1.807) is 0 Å². The summed E-state index contributed by atoms with van der Waals surface area (Å²) in [6.07, 6.45) is 5.06. The molecule has 2 aliphatic rings. The summed E-state index contributed by atoms with van der Waals surface area (Å²) in [4.78, 5) is 7.17. The number of aliphatic imine (C=N–C) groups is 1. The number of nitrogens with zero attached hydrogens (tertiary/aromatic N) is 2. The van der Waals surface area contributed by atoms with Crippen molar-refractivity contribution in [2.24, 2.45) is 4.99 Å². The summed E-state index contributed by atoms with van der Waals surface area (Å²) in [5, 5.41) is 3.42. The van der Waals surface area contributed by atoms with Crippen LogP contribution in [0.4, 0.5) is 0 Å². The molecule has 27 heavy (non-hydrogen) atoms. The minimum Gasteiger partial charge on any atom is -0.466 e. The third kappa shape index (κ3) is 6.64. The van der Waals surface area contributed by atoms with Crippen molar-refractivity contribution in [1.82, 2.24) is 10.2 Å². The number of nitrogens with one attached hydrogen (secondary N) is 1. The minimum atomic E-state index is 0. The van der Waals surface area contributed by atoms with Crippen LogP contribution in [-0.2, 0) is 16.0 Å². The van der Waals surface area contributed by atoms with Gasteiger partial charge in [0.2, 0.25) is 0 Å². The Kier molecular flexibility index (Phi) is 9.38. The molecule has 2 aliphatic heterocycles. The van der Waals surface area contributed by atoms with Crippen molar-refractivity contribution in [1.29, 1.82) is 0 Å². The predicted molar refractivity (Wildman–Crippen MR) is 118 cm³/mol. The van der Waals surface area contributed by atoms with E-state index in [4.69, 9.17) is 18.9 Å². The zero-order valence-electron chi connectivity index (χ0n) is 16.8. The fourth-order valence-electron chi connectivity index (χ4n) is 3.68. The average molecular weight is 491 g/mol. The molecule has 1 aromatic rings. The molecular weight excluding hydrogens is 457 g/mol. The number of furan rings is 1. The van der Waals surface area contributed by atoms with E-state index in [0.717, 1.165) is 75.2 Å². The molecule has 2 saturated heterocycles. The molecule has 1 aromatic heterocycles. The Bertz CT molecular complexity index is 591. The molecule has 1 unspecified atom stereocenters. The SMILES string of the molecule is CCNC(=NCc1cc(C)oc1C)N1CCC(OCC2CCCO2)CC1.I. The van der Waals surface area contributed by atoms with Gasteiger partial charge in [-0.3, -0.25) is 0 Å². The van der Waals surface area contributed by atoms with Crippen LogP contribution in [0, 0.1) is 13.8 Å². The van der Waals surface area contributed by atoms with Gasteiger partial charge in [-0.05, 0) is 52.5 Å². The summed E-state index contributed by atoms with van der Waals surface area (Å²) in [5.41, 5.74) is 1.16. The molecule has 3 heterocycles. The zero-order chi connectivity index (χ0) is 18.4. The van der Waals surface area contributed by atoms with Gasteiger partial charge in [0.1, 0.15) is 11.5 Å². The summed E-state index contributed by atoms with van der Waals surface area (Å²) < 4.78 is 17.3. The number of hydrogen-bond donors (Lipinski definition) is 1. The first-order valence-corrected chi connectivity index (χ1v) is 9.98. The molecule has 0 saturated carbocycles. The maximum absolute atomic E-state index is 6.08. The Hall–Kier alpha value is -0.800. The third-order valence-corrected chi connectivity index (χ3v) is 5.16. The molecule has 0 amide bonds. The number of likely N-dealkylation sites (tertiary alicyclic amines) is 1. The lowest BCUT2D eigenvalue weighted by atomic mass is 10.1. The largest absolute Gasteiger partial charge is 0.466 e. The molecule has 0 bridgehead atoms. The monoisotopic (exact) mass is 491 g/mol. The van der Waals surface area contributed by atoms with Crippen LogP contribution in [0.5, 0.6) is 0 Å². The Labute approximate surface area is 180 Å². The van der Waals surface area contributed by atoms with E-state index in [2.05, 4.69) is 23.2 Å². The Morgan fingerprint density at radius 3 is 2.67 bits per heavy atom. The lowest BCUT2D eigenvalue weighted by Crippen LogP contribution is -2.47. The van der Waals surface area contributed by atoms with Gasteiger partial charge in [-0.2, -0.15) is 0 Å². The Balaban J connectivity index is 0.00000261. The molecule has 0 radical (unpaired) electrons. The number of rotatable bonds is 6. The minimum absolute atomic E-state index is 0. The summed E-state index contributed by atoms with van der Waals surface area (Å²) in [7, 11) is 0. The molecule has 6 nitrogen and oxygen atoms in total. The van der Waals surface area contributed by atoms with Gasteiger partial charge in [0, 0.05) is 31.8 Å². The Morgan fingerprint density at radius 2 is 2.07 bits per heavy atom. The highest BCUT2D eigenvalue weighted by molar-refractivity contribution is 14.0. The van der Waals surface area contributed by atoms with Crippen molar-refractivity contribution >= 4 is 29.9 Å². The molecule has 154 valence electrons. The van der Waals surface area contributed by atoms with Gasteiger partial charge in [-0.25, -0.2) is 4.99 Å². The fourth-order valence-corrected chi connectivity index (χ4v) is 3.68. The number of halogens is 1. The average Bonchev–Trinajstić information content (AvgIpc) is 3.27. The number of guanidine groups is 1. The highest BCUT2D eigenvalue weighted by atomic mass is 127. The lowest BCUT2D eigenvalue weighted by molar-refractivity contribution is -0.0367. The Morgan fingerprint density at radius 1 is 1.30 bits per heavy atom. The standard InChI is InChI=1S/C20H33N3O3.HI/c1-4-21-20(22-13-17-12-15(2)26-16(17)3)23-9-7-18(8-10-23)25-14-19-6-5-11-24-19;/h12,18-19H,4-11,13-14H2,1-3H3,(H,21,22);1H.